The molecule has 8 heteroatoms. The fraction of sp³-hybridized carbons (Fsp3) is 0.429. The van der Waals surface area contributed by atoms with Gasteiger partial charge in [0, 0.05) is 13.7 Å². The van der Waals surface area contributed by atoms with E-state index in [9.17, 15) is 4.79 Å². The maximum Gasteiger partial charge on any atom is 0.233 e. The molecular weight excluding hydrogens is 302 g/mol. The highest BCUT2D eigenvalue weighted by molar-refractivity contribution is 8.00. The molecule has 7 nitrogen and oxygen atoms in total. The lowest BCUT2D eigenvalue weighted by molar-refractivity contribution is -0.120. The van der Waals surface area contributed by atoms with E-state index in [1.54, 1.807) is 11.8 Å². The molecule has 0 spiro atoms. The SMILES string of the molecule is COCCNC(=O)[C@H](C)Sc1nnnn1-c1ccc(C)cc1. The molecule has 0 fully saturated rings. The van der Waals surface area contributed by atoms with E-state index >= 15 is 0 Å². The molecule has 1 aromatic carbocycles. The smallest absolute Gasteiger partial charge is 0.233 e. The predicted octanol–water partition coefficient (Wildman–Crippen LogP) is 1.21. The molecule has 1 heterocycles. The second-order valence-electron chi connectivity index (χ2n) is 4.75. The zero-order chi connectivity index (χ0) is 15.9. The Kier molecular flexibility index (Phi) is 5.91. The van der Waals surface area contributed by atoms with Gasteiger partial charge in [0.2, 0.25) is 11.1 Å². The van der Waals surface area contributed by atoms with Gasteiger partial charge in [-0.3, -0.25) is 4.79 Å². The van der Waals surface area contributed by atoms with Crippen molar-refractivity contribution < 1.29 is 9.53 Å². The average molecular weight is 321 g/mol. The lowest BCUT2D eigenvalue weighted by Crippen LogP contribution is -2.33. The van der Waals surface area contributed by atoms with Gasteiger partial charge in [-0.05, 0) is 36.4 Å². The Morgan fingerprint density at radius 3 is 2.82 bits per heavy atom. The van der Waals surface area contributed by atoms with Crippen LogP contribution in [0.4, 0.5) is 0 Å². The molecule has 0 aliphatic heterocycles. The molecule has 0 unspecified atom stereocenters. The van der Waals surface area contributed by atoms with E-state index in [0.29, 0.717) is 18.3 Å². The van der Waals surface area contributed by atoms with Crippen molar-refractivity contribution in [1.29, 1.82) is 0 Å². The first kappa shape index (κ1) is 16.4. The van der Waals surface area contributed by atoms with Gasteiger partial charge in [0.15, 0.2) is 0 Å². The number of nitrogens with zero attached hydrogens (tertiary/aromatic N) is 4. The minimum Gasteiger partial charge on any atom is -0.383 e. The summed E-state index contributed by atoms with van der Waals surface area (Å²) >= 11 is 1.32. The number of ether oxygens (including phenoxy) is 1. The number of thioether (sulfide) groups is 1. The molecule has 0 bridgehead atoms. The number of carbonyl (C=O) groups is 1. The number of hydrogen-bond acceptors (Lipinski definition) is 6. The summed E-state index contributed by atoms with van der Waals surface area (Å²) in [7, 11) is 1.60. The van der Waals surface area contributed by atoms with Crippen molar-refractivity contribution in [2.24, 2.45) is 0 Å². The highest BCUT2D eigenvalue weighted by Crippen LogP contribution is 2.22. The largest absolute Gasteiger partial charge is 0.383 e. The standard InChI is InChI=1S/C14H19N5O2S/c1-10-4-6-12(7-5-10)19-14(16-17-18-19)22-11(2)13(20)15-8-9-21-3/h4-7,11H,8-9H2,1-3H3,(H,15,20)/t11-/m0/s1. The molecule has 118 valence electrons. The third-order valence-corrected chi connectivity index (χ3v) is 4.01. The first-order valence-electron chi connectivity index (χ1n) is 6.90. The summed E-state index contributed by atoms with van der Waals surface area (Å²) in [5.41, 5.74) is 2.03. The Bertz CT molecular complexity index is 614. The van der Waals surface area contributed by atoms with Crippen LogP contribution >= 0.6 is 11.8 Å². The first-order valence-corrected chi connectivity index (χ1v) is 7.78. The van der Waals surface area contributed by atoms with Gasteiger partial charge in [-0.25, -0.2) is 0 Å². The van der Waals surface area contributed by atoms with Gasteiger partial charge in [0.25, 0.3) is 0 Å². The van der Waals surface area contributed by atoms with Gasteiger partial charge in [0.05, 0.1) is 17.5 Å². The van der Waals surface area contributed by atoms with Crippen LogP contribution in [0.15, 0.2) is 29.4 Å². The summed E-state index contributed by atoms with van der Waals surface area (Å²) in [5, 5.41) is 14.8. The Morgan fingerprint density at radius 1 is 1.41 bits per heavy atom. The Morgan fingerprint density at radius 2 is 2.14 bits per heavy atom. The third kappa shape index (κ3) is 4.28. The number of aryl methyl sites for hydroxylation is 1. The Hall–Kier alpha value is -1.93. The van der Waals surface area contributed by atoms with Crippen LogP contribution in [0.3, 0.4) is 0 Å². The van der Waals surface area contributed by atoms with E-state index < -0.39 is 0 Å². The molecule has 0 radical (unpaired) electrons. The second-order valence-corrected chi connectivity index (χ2v) is 6.06. The van der Waals surface area contributed by atoms with Gasteiger partial charge in [0.1, 0.15) is 0 Å². The van der Waals surface area contributed by atoms with Crippen molar-refractivity contribution in [3.63, 3.8) is 0 Å². The van der Waals surface area contributed by atoms with Crippen LogP contribution in [-0.2, 0) is 9.53 Å². The number of nitrogens with one attached hydrogen (secondary N) is 1. The summed E-state index contributed by atoms with van der Waals surface area (Å²) in [5.74, 6) is -0.0690. The summed E-state index contributed by atoms with van der Waals surface area (Å²) in [6.07, 6.45) is 0. The van der Waals surface area contributed by atoms with E-state index in [1.807, 2.05) is 38.1 Å². The minimum atomic E-state index is -0.299. The first-order chi connectivity index (χ1) is 10.6. The molecule has 1 N–H and O–H groups in total. The molecule has 1 amide bonds. The topological polar surface area (TPSA) is 81.9 Å². The van der Waals surface area contributed by atoms with Crippen LogP contribution in [0.1, 0.15) is 12.5 Å². The van der Waals surface area contributed by atoms with Crippen LogP contribution in [0.5, 0.6) is 0 Å². The number of rotatable bonds is 7. The molecular formula is C14H19N5O2S. The van der Waals surface area contributed by atoms with Gasteiger partial charge < -0.3 is 10.1 Å². The summed E-state index contributed by atoms with van der Waals surface area (Å²) in [6.45, 7) is 4.82. The molecule has 2 aromatic rings. The fourth-order valence-electron chi connectivity index (χ4n) is 1.73. The maximum atomic E-state index is 12.0. The number of carbonyl (C=O) groups excluding carboxylic acids is 1. The monoisotopic (exact) mass is 321 g/mol. The fourth-order valence-corrected chi connectivity index (χ4v) is 2.56. The molecule has 0 saturated heterocycles. The van der Waals surface area contributed by atoms with Crippen molar-refractivity contribution in [1.82, 2.24) is 25.5 Å². The Balaban J connectivity index is 2.03. The molecule has 0 aliphatic carbocycles. The second kappa shape index (κ2) is 7.90. The van der Waals surface area contributed by atoms with Crippen LogP contribution in [0, 0.1) is 6.92 Å². The van der Waals surface area contributed by atoms with Crippen molar-refractivity contribution >= 4 is 17.7 Å². The lowest BCUT2D eigenvalue weighted by atomic mass is 10.2. The quantitative estimate of drug-likeness (QED) is 0.610. The van der Waals surface area contributed by atoms with E-state index in [1.165, 1.54) is 11.8 Å². The van der Waals surface area contributed by atoms with E-state index in [-0.39, 0.29) is 11.2 Å². The van der Waals surface area contributed by atoms with Crippen molar-refractivity contribution in [3.8, 4) is 5.69 Å². The van der Waals surface area contributed by atoms with Crippen LogP contribution < -0.4 is 5.32 Å². The van der Waals surface area contributed by atoms with Gasteiger partial charge in [-0.1, -0.05) is 29.5 Å². The molecule has 1 atom stereocenters. The number of benzene rings is 1. The minimum absolute atomic E-state index is 0.0690. The number of methoxy groups -OCH3 is 1. The molecule has 0 saturated carbocycles. The number of amides is 1. The third-order valence-electron chi connectivity index (χ3n) is 2.98. The highest BCUT2D eigenvalue weighted by atomic mass is 32.2. The lowest BCUT2D eigenvalue weighted by Gasteiger charge is -2.11. The summed E-state index contributed by atoms with van der Waals surface area (Å²) in [4.78, 5) is 12.0. The summed E-state index contributed by atoms with van der Waals surface area (Å²) < 4.78 is 6.53. The zero-order valence-corrected chi connectivity index (χ0v) is 13.6. The van der Waals surface area contributed by atoms with Gasteiger partial charge >= 0.3 is 0 Å². The molecule has 0 aliphatic rings. The van der Waals surface area contributed by atoms with Crippen LogP contribution in [0.2, 0.25) is 0 Å². The van der Waals surface area contributed by atoms with Crippen molar-refractivity contribution in [2.75, 3.05) is 20.3 Å². The molecule has 1 aromatic heterocycles. The number of tetrazole rings is 1. The number of hydrogen-bond donors (Lipinski definition) is 1. The number of aromatic nitrogens is 4. The van der Waals surface area contributed by atoms with Gasteiger partial charge in [-0.15, -0.1) is 5.10 Å². The average Bonchev–Trinajstić information content (AvgIpc) is 2.96. The zero-order valence-electron chi connectivity index (χ0n) is 12.8. The van der Waals surface area contributed by atoms with Gasteiger partial charge in [-0.2, -0.15) is 4.68 Å². The van der Waals surface area contributed by atoms with Crippen molar-refractivity contribution in [3.05, 3.63) is 29.8 Å². The van der Waals surface area contributed by atoms with E-state index in [2.05, 4.69) is 20.8 Å². The molecule has 22 heavy (non-hydrogen) atoms. The molecule has 2 rings (SSSR count). The van der Waals surface area contributed by atoms with Crippen LogP contribution in [-0.4, -0.2) is 51.6 Å². The normalized spacial score (nSPS) is 12.1. The predicted molar refractivity (Wildman–Crippen MR) is 84.1 cm³/mol. The maximum absolute atomic E-state index is 12.0. The van der Waals surface area contributed by atoms with E-state index in [4.69, 9.17) is 4.74 Å². The summed E-state index contributed by atoms with van der Waals surface area (Å²) in [6, 6.07) is 7.87. The Labute approximate surface area is 133 Å². The van der Waals surface area contributed by atoms with E-state index in [0.717, 1.165) is 11.3 Å². The van der Waals surface area contributed by atoms with Crippen molar-refractivity contribution in [2.45, 2.75) is 24.3 Å². The van der Waals surface area contributed by atoms with Crippen LogP contribution in [0.25, 0.3) is 5.69 Å². The highest BCUT2D eigenvalue weighted by Gasteiger charge is 2.18.